The smallest absolute Gasteiger partial charge is 0.269 e. The average Bonchev–Trinajstić information content (AvgIpc) is 2.39. The lowest BCUT2D eigenvalue weighted by Gasteiger charge is -2.06. The minimum atomic E-state index is -0.449. The molecule has 0 amide bonds. The number of aromatic nitrogens is 1. The third-order valence-electron chi connectivity index (χ3n) is 2.27. The Balaban J connectivity index is 2.15. The molecule has 1 aromatic carbocycles. The van der Waals surface area contributed by atoms with Gasteiger partial charge in [0.1, 0.15) is 17.3 Å². The second kappa shape index (κ2) is 5.13. The summed E-state index contributed by atoms with van der Waals surface area (Å²) in [6.45, 7) is 0. The topological polar surface area (TPSA) is 77.3 Å². The molecule has 0 bridgehead atoms. The van der Waals surface area contributed by atoms with E-state index in [0.717, 1.165) is 0 Å². The third kappa shape index (κ3) is 2.73. The minimum Gasteiger partial charge on any atom is -0.457 e. The molecule has 2 rings (SSSR count). The Morgan fingerprint density at radius 1 is 1.22 bits per heavy atom. The van der Waals surface area contributed by atoms with E-state index in [-0.39, 0.29) is 5.69 Å². The monoisotopic (exact) mass is 245 g/mol. The van der Waals surface area contributed by atoms with Gasteiger partial charge in [-0.1, -0.05) is 0 Å². The Labute approximate surface area is 103 Å². The van der Waals surface area contributed by atoms with Gasteiger partial charge in [0.2, 0.25) is 0 Å². The number of anilines is 1. The van der Waals surface area contributed by atoms with Crippen molar-refractivity contribution in [1.29, 1.82) is 0 Å². The SMILES string of the molecule is CNc1cc(Oc2ccc([N+](=O)[O-])cc2)ccn1. The predicted octanol–water partition coefficient (Wildman–Crippen LogP) is 2.82. The summed E-state index contributed by atoms with van der Waals surface area (Å²) in [5, 5.41) is 13.4. The number of benzene rings is 1. The number of non-ortho nitro benzene ring substituents is 1. The molecule has 0 spiro atoms. The Bertz CT molecular complexity index is 555. The molecule has 1 N–H and O–H groups in total. The maximum atomic E-state index is 10.5. The van der Waals surface area contributed by atoms with Crippen molar-refractivity contribution in [2.75, 3.05) is 12.4 Å². The number of nitro groups is 1. The van der Waals surface area contributed by atoms with Crippen LogP contribution >= 0.6 is 0 Å². The van der Waals surface area contributed by atoms with E-state index in [1.807, 2.05) is 0 Å². The summed E-state index contributed by atoms with van der Waals surface area (Å²) in [4.78, 5) is 14.1. The van der Waals surface area contributed by atoms with Crippen molar-refractivity contribution in [3.8, 4) is 11.5 Å². The lowest BCUT2D eigenvalue weighted by Crippen LogP contribution is -1.92. The van der Waals surface area contributed by atoms with E-state index in [0.29, 0.717) is 17.3 Å². The van der Waals surface area contributed by atoms with E-state index in [4.69, 9.17) is 4.74 Å². The molecule has 0 aliphatic heterocycles. The fourth-order valence-electron chi connectivity index (χ4n) is 1.38. The molecule has 0 saturated heterocycles. The molecular formula is C12H11N3O3. The first-order chi connectivity index (χ1) is 8.69. The lowest BCUT2D eigenvalue weighted by atomic mass is 10.3. The largest absolute Gasteiger partial charge is 0.457 e. The van der Waals surface area contributed by atoms with Gasteiger partial charge in [0, 0.05) is 31.4 Å². The van der Waals surface area contributed by atoms with E-state index in [2.05, 4.69) is 10.3 Å². The van der Waals surface area contributed by atoms with Gasteiger partial charge in [0.05, 0.1) is 4.92 Å². The Hall–Kier alpha value is -2.63. The highest BCUT2D eigenvalue weighted by Crippen LogP contribution is 2.24. The normalized spacial score (nSPS) is 9.83. The second-order valence-corrected chi connectivity index (χ2v) is 3.48. The molecule has 0 aliphatic carbocycles. The average molecular weight is 245 g/mol. The van der Waals surface area contributed by atoms with Crippen LogP contribution in [-0.4, -0.2) is 17.0 Å². The Morgan fingerprint density at radius 3 is 2.56 bits per heavy atom. The summed E-state index contributed by atoms with van der Waals surface area (Å²) in [7, 11) is 1.76. The van der Waals surface area contributed by atoms with E-state index < -0.39 is 4.92 Å². The molecule has 0 saturated carbocycles. The molecule has 0 fully saturated rings. The van der Waals surface area contributed by atoms with E-state index in [1.165, 1.54) is 12.1 Å². The van der Waals surface area contributed by atoms with Crippen molar-refractivity contribution in [3.05, 3.63) is 52.7 Å². The lowest BCUT2D eigenvalue weighted by molar-refractivity contribution is -0.384. The van der Waals surface area contributed by atoms with Crippen molar-refractivity contribution in [2.24, 2.45) is 0 Å². The van der Waals surface area contributed by atoms with Crippen LogP contribution in [0.2, 0.25) is 0 Å². The third-order valence-corrected chi connectivity index (χ3v) is 2.27. The van der Waals surface area contributed by atoms with Gasteiger partial charge in [-0.2, -0.15) is 0 Å². The van der Waals surface area contributed by atoms with Crippen LogP contribution in [0, 0.1) is 10.1 Å². The highest BCUT2D eigenvalue weighted by Gasteiger charge is 2.05. The number of hydrogen-bond donors (Lipinski definition) is 1. The summed E-state index contributed by atoms with van der Waals surface area (Å²) >= 11 is 0. The first-order valence-corrected chi connectivity index (χ1v) is 5.25. The molecule has 0 aliphatic rings. The van der Waals surface area contributed by atoms with Gasteiger partial charge < -0.3 is 10.1 Å². The van der Waals surface area contributed by atoms with Crippen LogP contribution in [0.5, 0.6) is 11.5 Å². The molecule has 6 nitrogen and oxygen atoms in total. The first-order valence-electron chi connectivity index (χ1n) is 5.25. The van der Waals surface area contributed by atoms with Crippen LogP contribution in [0.25, 0.3) is 0 Å². The second-order valence-electron chi connectivity index (χ2n) is 3.48. The minimum absolute atomic E-state index is 0.0352. The zero-order chi connectivity index (χ0) is 13.0. The first kappa shape index (κ1) is 11.8. The molecule has 0 unspecified atom stereocenters. The van der Waals surface area contributed by atoms with Crippen LogP contribution in [0.3, 0.4) is 0 Å². The predicted molar refractivity (Wildman–Crippen MR) is 67.0 cm³/mol. The van der Waals surface area contributed by atoms with Gasteiger partial charge in [-0.15, -0.1) is 0 Å². The molecule has 18 heavy (non-hydrogen) atoms. The maximum Gasteiger partial charge on any atom is 0.269 e. The number of rotatable bonds is 4. The van der Waals surface area contributed by atoms with Crippen LogP contribution in [0.15, 0.2) is 42.6 Å². The van der Waals surface area contributed by atoms with Crippen molar-refractivity contribution < 1.29 is 9.66 Å². The summed E-state index contributed by atoms with van der Waals surface area (Å²) in [5.74, 6) is 1.84. The van der Waals surface area contributed by atoms with Crippen molar-refractivity contribution in [2.45, 2.75) is 0 Å². The number of ether oxygens (including phenoxy) is 1. The van der Waals surface area contributed by atoms with Crippen molar-refractivity contribution in [3.63, 3.8) is 0 Å². The van der Waals surface area contributed by atoms with E-state index in [1.54, 1.807) is 37.5 Å². The van der Waals surface area contributed by atoms with Gasteiger partial charge in [0.25, 0.3) is 5.69 Å². The molecule has 6 heteroatoms. The fraction of sp³-hybridized carbons (Fsp3) is 0.0833. The number of hydrogen-bond acceptors (Lipinski definition) is 5. The number of nitrogens with one attached hydrogen (secondary N) is 1. The molecule has 0 radical (unpaired) electrons. The van der Waals surface area contributed by atoms with Gasteiger partial charge in [0.15, 0.2) is 0 Å². The number of pyridine rings is 1. The number of nitro benzene ring substituents is 1. The van der Waals surface area contributed by atoms with Gasteiger partial charge in [-0.05, 0) is 18.2 Å². The Morgan fingerprint density at radius 2 is 1.94 bits per heavy atom. The fourth-order valence-corrected chi connectivity index (χ4v) is 1.38. The molecule has 0 atom stereocenters. The van der Waals surface area contributed by atoms with Crippen LogP contribution in [0.4, 0.5) is 11.5 Å². The molecule has 1 heterocycles. The molecule has 2 aromatic rings. The quantitative estimate of drug-likeness (QED) is 0.662. The molecule has 92 valence electrons. The van der Waals surface area contributed by atoms with Crippen molar-refractivity contribution in [1.82, 2.24) is 4.98 Å². The van der Waals surface area contributed by atoms with Crippen LogP contribution in [-0.2, 0) is 0 Å². The van der Waals surface area contributed by atoms with Crippen LogP contribution < -0.4 is 10.1 Å². The van der Waals surface area contributed by atoms with Gasteiger partial charge in [-0.3, -0.25) is 10.1 Å². The summed E-state index contributed by atoms with van der Waals surface area (Å²) < 4.78 is 5.55. The summed E-state index contributed by atoms with van der Waals surface area (Å²) in [6, 6.07) is 9.35. The van der Waals surface area contributed by atoms with Gasteiger partial charge in [-0.25, -0.2) is 4.98 Å². The van der Waals surface area contributed by atoms with Gasteiger partial charge >= 0.3 is 0 Å². The van der Waals surface area contributed by atoms with E-state index >= 15 is 0 Å². The van der Waals surface area contributed by atoms with Crippen molar-refractivity contribution >= 4 is 11.5 Å². The molecule has 1 aromatic heterocycles. The maximum absolute atomic E-state index is 10.5. The summed E-state index contributed by atoms with van der Waals surface area (Å²) in [5.41, 5.74) is 0.0352. The van der Waals surface area contributed by atoms with E-state index in [9.17, 15) is 10.1 Å². The zero-order valence-corrected chi connectivity index (χ0v) is 9.66. The Kier molecular flexibility index (Phi) is 3.38. The molecular weight excluding hydrogens is 234 g/mol. The highest BCUT2D eigenvalue weighted by molar-refractivity contribution is 5.43. The standard InChI is InChI=1S/C12H11N3O3/c1-13-12-8-11(6-7-14-12)18-10-4-2-9(3-5-10)15(16)17/h2-8H,1H3,(H,13,14). The van der Waals surface area contributed by atoms with Crippen LogP contribution in [0.1, 0.15) is 0 Å². The highest BCUT2D eigenvalue weighted by atomic mass is 16.6. The number of nitrogens with zero attached hydrogens (tertiary/aromatic N) is 2. The zero-order valence-electron chi connectivity index (χ0n) is 9.66. The summed E-state index contributed by atoms with van der Waals surface area (Å²) in [6.07, 6.45) is 1.62.